The molecule has 4 rings (SSSR count). The van der Waals surface area contributed by atoms with Gasteiger partial charge < -0.3 is 10.4 Å². The van der Waals surface area contributed by atoms with Crippen molar-refractivity contribution < 1.29 is 13.9 Å². The minimum atomic E-state index is -1.25. The van der Waals surface area contributed by atoms with Crippen LogP contribution in [-0.2, 0) is 0 Å². The van der Waals surface area contributed by atoms with E-state index in [1.165, 1.54) is 6.07 Å². The first-order valence-electron chi connectivity index (χ1n) is 8.35. The van der Waals surface area contributed by atoms with Crippen LogP contribution < -0.4 is 5.32 Å². The lowest BCUT2D eigenvalue weighted by Crippen LogP contribution is -2.00. The van der Waals surface area contributed by atoms with Crippen LogP contribution in [0.2, 0.25) is 0 Å². The summed E-state index contributed by atoms with van der Waals surface area (Å²) in [6.45, 7) is -1.25. The quantitative estimate of drug-likeness (QED) is 0.561. The summed E-state index contributed by atoms with van der Waals surface area (Å²) in [7, 11) is 1.80. The van der Waals surface area contributed by atoms with E-state index in [4.69, 9.17) is 5.11 Å². The summed E-state index contributed by atoms with van der Waals surface area (Å²) in [6, 6.07) is 12.3. The smallest absolute Gasteiger partial charge is 0.185 e. The molecule has 2 aromatic heterocycles. The van der Waals surface area contributed by atoms with Crippen LogP contribution in [0.15, 0.2) is 61.1 Å². The van der Waals surface area contributed by atoms with Crippen molar-refractivity contribution in [3.8, 4) is 22.6 Å². The van der Waals surface area contributed by atoms with Crippen LogP contribution in [0.3, 0.4) is 0 Å². The summed E-state index contributed by atoms with van der Waals surface area (Å²) in [5.41, 5.74) is 2.59. The molecule has 142 valence electrons. The number of hydrogen-bond donors (Lipinski definition) is 2. The van der Waals surface area contributed by atoms with E-state index in [0.29, 0.717) is 28.4 Å². The predicted molar refractivity (Wildman–Crippen MR) is 104 cm³/mol. The van der Waals surface area contributed by atoms with Gasteiger partial charge in [0.25, 0.3) is 0 Å². The maximum atomic E-state index is 14.1. The Morgan fingerprint density at radius 2 is 1.86 bits per heavy atom. The third-order valence-electron chi connectivity index (χ3n) is 3.91. The second-order valence-electron chi connectivity index (χ2n) is 5.57. The summed E-state index contributed by atoms with van der Waals surface area (Å²) in [6.07, 6.45) is 4.80. The fraction of sp³-hybridized carbons (Fsp3) is 0.100. The lowest BCUT2D eigenvalue weighted by molar-refractivity contribution is 0.168. The summed E-state index contributed by atoms with van der Waals surface area (Å²) in [5, 5.41) is 10.8. The number of aliphatic hydroxyl groups excluding tert-OH is 1. The first-order chi connectivity index (χ1) is 13.7. The van der Waals surface area contributed by atoms with Crippen LogP contribution >= 0.6 is 0 Å². The van der Waals surface area contributed by atoms with E-state index in [-0.39, 0.29) is 5.82 Å². The molecule has 0 aliphatic heterocycles. The monoisotopic (exact) mass is 381 g/mol. The Labute approximate surface area is 160 Å². The summed E-state index contributed by atoms with van der Waals surface area (Å²) >= 11 is 0. The van der Waals surface area contributed by atoms with Gasteiger partial charge in [-0.1, -0.05) is 24.3 Å². The number of aromatic nitrogens is 4. The van der Waals surface area contributed by atoms with E-state index in [2.05, 4.69) is 25.3 Å². The summed E-state index contributed by atoms with van der Waals surface area (Å²) in [5.74, 6) is 0.889. The number of fused-ring (bicyclic) bond motifs is 1. The average Bonchev–Trinajstić information content (AvgIpc) is 2.74. The summed E-state index contributed by atoms with van der Waals surface area (Å²) in [4.78, 5) is 17.4. The molecule has 2 N–H and O–H groups in total. The molecule has 6 nitrogen and oxygen atoms in total. The fourth-order valence-electron chi connectivity index (χ4n) is 2.71. The standard InChI is InChI=1S/C19H14FN5.CH3FO/c1-21-18-14-7-6-12(13-4-2-3-5-15(13)20)10-16(14)24-19(25-18)17-11-22-8-9-23-17;2-1-3/h2-11H,1H3,(H,21,24,25);3H,1H2. The molecule has 28 heavy (non-hydrogen) atoms. The van der Waals surface area contributed by atoms with Gasteiger partial charge in [0.1, 0.15) is 17.3 Å². The van der Waals surface area contributed by atoms with Crippen LogP contribution in [0.5, 0.6) is 0 Å². The van der Waals surface area contributed by atoms with Crippen molar-refractivity contribution in [1.29, 1.82) is 0 Å². The van der Waals surface area contributed by atoms with Crippen LogP contribution in [0.4, 0.5) is 14.6 Å². The molecule has 8 heteroatoms. The van der Waals surface area contributed by atoms with Crippen LogP contribution in [0, 0.1) is 5.82 Å². The topological polar surface area (TPSA) is 83.8 Å². The Morgan fingerprint density at radius 1 is 1.07 bits per heavy atom. The second kappa shape index (κ2) is 8.92. The molecule has 0 unspecified atom stereocenters. The van der Waals surface area contributed by atoms with Crippen molar-refractivity contribution in [3.05, 3.63) is 66.9 Å². The number of benzene rings is 2. The molecule has 0 aliphatic rings. The van der Waals surface area contributed by atoms with Crippen molar-refractivity contribution in [1.82, 2.24) is 19.9 Å². The van der Waals surface area contributed by atoms with Gasteiger partial charge >= 0.3 is 0 Å². The van der Waals surface area contributed by atoms with E-state index in [9.17, 15) is 8.78 Å². The second-order valence-corrected chi connectivity index (χ2v) is 5.57. The van der Waals surface area contributed by atoms with Gasteiger partial charge in [0.05, 0.1) is 11.7 Å². The van der Waals surface area contributed by atoms with Crippen LogP contribution in [0.1, 0.15) is 0 Å². The number of anilines is 1. The van der Waals surface area contributed by atoms with Crippen molar-refractivity contribution in [2.45, 2.75) is 0 Å². The Bertz CT molecular complexity index is 1080. The maximum Gasteiger partial charge on any atom is 0.185 e. The number of hydrogen-bond acceptors (Lipinski definition) is 6. The van der Waals surface area contributed by atoms with Crippen molar-refractivity contribution >= 4 is 16.7 Å². The largest absolute Gasteiger partial charge is 0.373 e. The number of nitrogens with zero attached hydrogens (tertiary/aromatic N) is 4. The molecule has 0 fully saturated rings. The van der Waals surface area contributed by atoms with E-state index in [1.807, 2.05) is 24.3 Å². The van der Waals surface area contributed by atoms with Gasteiger partial charge in [-0.2, -0.15) is 0 Å². The van der Waals surface area contributed by atoms with Gasteiger partial charge in [-0.25, -0.2) is 23.7 Å². The molecule has 0 atom stereocenters. The van der Waals surface area contributed by atoms with Gasteiger partial charge in [0.2, 0.25) is 0 Å². The first-order valence-corrected chi connectivity index (χ1v) is 8.35. The highest BCUT2D eigenvalue weighted by Crippen LogP contribution is 2.29. The molecular weight excluding hydrogens is 364 g/mol. The third-order valence-corrected chi connectivity index (χ3v) is 3.91. The molecule has 0 spiro atoms. The number of aliphatic hydroxyl groups is 1. The maximum absolute atomic E-state index is 14.1. The normalized spacial score (nSPS) is 10.3. The highest BCUT2D eigenvalue weighted by molar-refractivity contribution is 5.93. The third kappa shape index (κ3) is 4.07. The predicted octanol–water partition coefficient (Wildman–Crippen LogP) is 3.84. The minimum absolute atomic E-state index is 0.265. The highest BCUT2D eigenvalue weighted by atomic mass is 19.1. The minimum Gasteiger partial charge on any atom is -0.373 e. The van der Waals surface area contributed by atoms with E-state index >= 15 is 0 Å². The number of rotatable bonds is 3. The van der Waals surface area contributed by atoms with Crippen molar-refractivity contribution in [2.24, 2.45) is 0 Å². The molecule has 0 saturated carbocycles. The van der Waals surface area contributed by atoms with Crippen LogP contribution in [-0.4, -0.2) is 39.0 Å². The van der Waals surface area contributed by atoms with E-state index < -0.39 is 6.86 Å². The highest BCUT2D eigenvalue weighted by Gasteiger charge is 2.12. The van der Waals surface area contributed by atoms with Crippen molar-refractivity contribution in [3.63, 3.8) is 0 Å². The number of nitrogens with one attached hydrogen (secondary N) is 1. The Kier molecular flexibility index (Phi) is 6.13. The number of alkyl halides is 1. The van der Waals surface area contributed by atoms with Gasteiger partial charge in [-0.3, -0.25) is 4.98 Å². The summed E-state index contributed by atoms with van der Waals surface area (Å²) < 4.78 is 23.9. The zero-order valence-corrected chi connectivity index (χ0v) is 15.0. The van der Waals surface area contributed by atoms with Crippen molar-refractivity contribution in [2.75, 3.05) is 19.2 Å². The van der Waals surface area contributed by atoms with Crippen LogP contribution in [0.25, 0.3) is 33.5 Å². The molecule has 0 amide bonds. The first kappa shape index (κ1) is 19.2. The molecule has 0 radical (unpaired) electrons. The van der Waals surface area contributed by atoms with E-state index in [1.54, 1.807) is 37.8 Å². The average molecular weight is 381 g/mol. The molecule has 0 aliphatic carbocycles. The zero-order chi connectivity index (χ0) is 19.9. The lowest BCUT2D eigenvalue weighted by atomic mass is 10.0. The zero-order valence-electron chi connectivity index (χ0n) is 15.0. The Morgan fingerprint density at radius 3 is 2.54 bits per heavy atom. The fourth-order valence-corrected chi connectivity index (χ4v) is 2.71. The van der Waals surface area contributed by atoms with Gasteiger partial charge in [-0.15, -0.1) is 0 Å². The molecule has 2 aromatic carbocycles. The van der Waals surface area contributed by atoms with Gasteiger partial charge in [0.15, 0.2) is 12.7 Å². The molecule has 2 heterocycles. The molecule has 0 bridgehead atoms. The molecule has 0 saturated heterocycles. The lowest BCUT2D eigenvalue weighted by Gasteiger charge is -2.10. The molecular formula is C20H17F2N5O. The number of halogens is 2. The SMILES string of the molecule is CNc1nc(-c2cnccn2)nc2cc(-c3ccccc3F)ccc12.OCF. The Balaban J connectivity index is 0.000000706. The Hall–Kier alpha value is -3.52. The van der Waals surface area contributed by atoms with Gasteiger partial charge in [0, 0.05) is 30.4 Å². The van der Waals surface area contributed by atoms with E-state index in [0.717, 1.165) is 10.9 Å². The molecule has 4 aromatic rings. The van der Waals surface area contributed by atoms with Gasteiger partial charge in [-0.05, 0) is 23.8 Å².